The van der Waals surface area contributed by atoms with Gasteiger partial charge in [-0.2, -0.15) is 4.31 Å². The van der Waals surface area contributed by atoms with Crippen molar-refractivity contribution < 1.29 is 51.8 Å². The molecule has 4 aromatic rings. The molecule has 0 spiro atoms. The van der Waals surface area contributed by atoms with E-state index in [1.54, 1.807) is 38.1 Å². The normalized spacial score (nSPS) is 15.2. The lowest BCUT2D eigenvalue weighted by Gasteiger charge is -2.36. The Labute approximate surface area is 444 Å². The molecule has 3 amide bonds. The third-order valence-electron chi connectivity index (χ3n) is 14.0. The van der Waals surface area contributed by atoms with Crippen LogP contribution in [0.3, 0.4) is 0 Å². The molecule has 0 aromatic heterocycles. The molecule has 1 heterocycles. The summed E-state index contributed by atoms with van der Waals surface area (Å²) < 4.78 is 40.4. The quantitative estimate of drug-likeness (QED) is 0.0371. The van der Waals surface area contributed by atoms with Crippen molar-refractivity contribution in [2.75, 3.05) is 33.3 Å². The summed E-state index contributed by atoms with van der Waals surface area (Å²) in [5.74, 6) is -2.43. The van der Waals surface area contributed by atoms with Crippen molar-refractivity contribution >= 4 is 45.3 Å². The van der Waals surface area contributed by atoms with E-state index in [0.29, 0.717) is 55.4 Å². The first-order valence-electron chi connectivity index (χ1n) is 26.3. The van der Waals surface area contributed by atoms with E-state index in [4.69, 9.17) is 9.47 Å². The number of piperidine rings is 1. The third kappa shape index (κ3) is 17.7. The average Bonchev–Trinajstić information content (AvgIpc) is 3.39. The number of aliphatic hydroxyl groups is 1. The van der Waals surface area contributed by atoms with E-state index in [1.807, 2.05) is 83.1 Å². The van der Waals surface area contributed by atoms with Gasteiger partial charge in [0.2, 0.25) is 27.6 Å². The number of sulfonamides is 1. The number of methoxy groups -OCH3 is 1. The molecule has 1 aliphatic rings. The second kappa shape index (κ2) is 28.1. The second-order valence-electron chi connectivity index (χ2n) is 20.8. The summed E-state index contributed by atoms with van der Waals surface area (Å²) in [6, 6.07) is 26.9. The van der Waals surface area contributed by atoms with E-state index in [1.165, 1.54) is 28.4 Å². The van der Waals surface area contributed by atoms with Gasteiger partial charge in [0.15, 0.2) is 0 Å². The molecular weight excluding hydrogens is 973 g/mol. The minimum Gasteiger partial charge on any atom is -0.497 e. The Morgan fingerprint density at radius 2 is 1.52 bits per heavy atom. The number of Topliss-reactive ketones (excluding diaryl/α,β-unsaturated/α-hetero) is 2. The van der Waals surface area contributed by atoms with Gasteiger partial charge in [-0.1, -0.05) is 107 Å². The highest BCUT2D eigenvalue weighted by molar-refractivity contribution is 7.89. The van der Waals surface area contributed by atoms with Gasteiger partial charge in [-0.3, -0.25) is 24.0 Å². The van der Waals surface area contributed by atoms with Crippen LogP contribution in [0.15, 0.2) is 102 Å². The van der Waals surface area contributed by atoms with Crippen LogP contribution in [0.4, 0.5) is 0 Å². The van der Waals surface area contributed by atoms with Crippen LogP contribution in [0, 0.1) is 25.2 Å². The fourth-order valence-electron chi connectivity index (χ4n) is 8.99. The van der Waals surface area contributed by atoms with E-state index in [-0.39, 0.29) is 74.9 Å². The van der Waals surface area contributed by atoms with Crippen molar-refractivity contribution in [2.24, 2.45) is 11.3 Å². The summed E-state index contributed by atoms with van der Waals surface area (Å²) >= 11 is 0. The Hall–Kier alpha value is -6.23. The van der Waals surface area contributed by atoms with Crippen molar-refractivity contribution in [2.45, 2.75) is 148 Å². The number of carbonyl (C=O) groups excluding carboxylic acids is 6. The molecule has 0 bridgehead atoms. The molecule has 1 aliphatic heterocycles. The highest BCUT2D eigenvalue weighted by Gasteiger charge is 2.41. The smallest absolute Gasteiger partial charge is 0.329 e. The van der Waals surface area contributed by atoms with Crippen LogP contribution in [0.2, 0.25) is 0 Å². The minimum atomic E-state index is -4.04. The average molecular weight is 1050 g/mol. The summed E-state index contributed by atoms with van der Waals surface area (Å²) in [6.45, 7) is 13.2. The predicted octanol–water partition coefficient (Wildman–Crippen LogP) is 7.75. The van der Waals surface area contributed by atoms with E-state index in [0.717, 1.165) is 22.3 Å². The summed E-state index contributed by atoms with van der Waals surface area (Å²) in [5, 5.41) is 17.2. The summed E-state index contributed by atoms with van der Waals surface area (Å²) in [5.41, 5.74) is 4.66. The van der Waals surface area contributed by atoms with Crippen LogP contribution in [-0.2, 0) is 62.8 Å². The zero-order valence-electron chi connectivity index (χ0n) is 45.1. The third-order valence-corrected chi connectivity index (χ3v) is 15.9. The number of benzene rings is 4. The van der Waals surface area contributed by atoms with Crippen LogP contribution in [0.25, 0.3) is 0 Å². The highest BCUT2D eigenvalue weighted by Crippen LogP contribution is 2.30. The van der Waals surface area contributed by atoms with Crippen molar-refractivity contribution in [3.8, 4) is 5.75 Å². The standard InChI is InChI=1S/C59H78N4O11S/c1-9-59(6,7)56(68)57(69)63-33-14-13-20-51(63)58(70)74-53(29-23-44-22-21-41(4)42(5)34-44)46-19-15-18-45(35-46)36-47(64)24-30-54(66)60-32-31-55(67)61-50(37-43-16-11-10-12-17-43)52(65)39-62(38-40(2)3)75(71,72)49-27-25-48(73-8)26-28-49/h10-12,15-19,21-22,25-28,34-35,40,50-53,65H,9,13-14,20,23-24,29-33,36-39H2,1-8H3,(H,60,66)(H,61,67)/t50-,51-,52+,53+/m0/s1. The molecule has 0 saturated carbocycles. The Morgan fingerprint density at radius 1 is 0.813 bits per heavy atom. The van der Waals surface area contributed by atoms with Crippen LogP contribution in [0.5, 0.6) is 5.75 Å². The van der Waals surface area contributed by atoms with E-state index >= 15 is 0 Å². The molecule has 406 valence electrons. The molecule has 0 aliphatic carbocycles. The monoisotopic (exact) mass is 1050 g/mol. The molecule has 15 nitrogen and oxygen atoms in total. The zero-order valence-corrected chi connectivity index (χ0v) is 45.9. The lowest BCUT2D eigenvalue weighted by molar-refractivity contribution is -0.164. The van der Waals surface area contributed by atoms with Gasteiger partial charge < -0.3 is 30.1 Å². The molecule has 1 fully saturated rings. The maximum Gasteiger partial charge on any atom is 0.329 e. The summed E-state index contributed by atoms with van der Waals surface area (Å²) in [4.78, 5) is 82.1. The topological polar surface area (TPSA) is 206 Å². The number of aliphatic hydroxyl groups excluding tert-OH is 1. The van der Waals surface area contributed by atoms with Crippen molar-refractivity contribution in [3.05, 3.63) is 130 Å². The van der Waals surface area contributed by atoms with E-state index in [2.05, 4.69) is 22.8 Å². The molecule has 5 rings (SSSR count). The molecule has 3 N–H and O–H groups in total. The highest BCUT2D eigenvalue weighted by atomic mass is 32.2. The first-order chi connectivity index (χ1) is 35.6. The maximum atomic E-state index is 14.1. The second-order valence-corrected chi connectivity index (χ2v) is 22.8. The molecule has 0 unspecified atom stereocenters. The van der Waals surface area contributed by atoms with Crippen molar-refractivity contribution in [3.63, 3.8) is 0 Å². The summed E-state index contributed by atoms with van der Waals surface area (Å²) in [7, 11) is -2.55. The molecule has 75 heavy (non-hydrogen) atoms. The number of rotatable bonds is 28. The number of ketones is 2. The first-order valence-corrected chi connectivity index (χ1v) is 27.7. The molecule has 4 atom stereocenters. The number of likely N-dealkylation sites (tertiary alicyclic amines) is 1. The number of amides is 3. The first kappa shape index (κ1) is 59.6. The minimum absolute atomic E-state index is 0.0166. The van der Waals surface area contributed by atoms with Gasteiger partial charge >= 0.3 is 5.97 Å². The number of nitrogens with zero attached hydrogens (tertiary/aromatic N) is 2. The predicted molar refractivity (Wildman–Crippen MR) is 288 cm³/mol. The number of carbonyl (C=O) groups is 6. The maximum absolute atomic E-state index is 14.1. The van der Waals surface area contributed by atoms with Gasteiger partial charge in [0, 0.05) is 57.3 Å². The lowest BCUT2D eigenvalue weighted by atomic mass is 9.84. The van der Waals surface area contributed by atoms with Gasteiger partial charge in [0.05, 0.1) is 24.2 Å². The van der Waals surface area contributed by atoms with Gasteiger partial charge in [-0.05, 0) is 122 Å². The Balaban J connectivity index is 1.18. The number of hydrogen-bond donors (Lipinski definition) is 3. The number of nitrogens with one attached hydrogen (secondary N) is 2. The van der Waals surface area contributed by atoms with Gasteiger partial charge in [-0.25, -0.2) is 13.2 Å². The molecular formula is C59H78N4O11S. The van der Waals surface area contributed by atoms with Gasteiger partial charge in [0.25, 0.3) is 5.91 Å². The number of aryl methyl sites for hydroxylation is 3. The lowest BCUT2D eigenvalue weighted by Crippen LogP contribution is -2.53. The Bertz CT molecular complexity index is 2690. The van der Waals surface area contributed by atoms with Crippen LogP contribution in [0.1, 0.15) is 125 Å². The molecule has 4 aromatic carbocycles. The fourth-order valence-corrected chi connectivity index (χ4v) is 10.6. The van der Waals surface area contributed by atoms with Gasteiger partial charge in [-0.15, -0.1) is 0 Å². The molecule has 16 heteroatoms. The summed E-state index contributed by atoms with van der Waals surface area (Å²) in [6.07, 6.45) is 1.13. The molecule has 1 saturated heterocycles. The SMILES string of the molecule is CCC(C)(C)C(=O)C(=O)N1CCCC[C@H]1C(=O)O[C@H](CCc1ccc(C)c(C)c1)c1cccc(CC(=O)CCC(=O)NCCC(=O)N[C@@H](Cc2ccccc2)[C@H](O)CN(CC(C)C)S(=O)(=O)c2ccc(OC)cc2)c1. The largest absolute Gasteiger partial charge is 0.497 e. The Morgan fingerprint density at radius 3 is 2.19 bits per heavy atom. The van der Waals surface area contributed by atoms with E-state index < -0.39 is 69.2 Å². The van der Waals surface area contributed by atoms with E-state index in [9.17, 15) is 42.3 Å². The number of esters is 1. The Kier molecular flexibility index (Phi) is 22.3. The van der Waals surface area contributed by atoms with Crippen LogP contribution < -0.4 is 15.4 Å². The van der Waals surface area contributed by atoms with Gasteiger partial charge in [0.1, 0.15) is 23.7 Å². The zero-order chi connectivity index (χ0) is 54.9. The molecule has 0 radical (unpaired) electrons. The van der Waals surface area contributed by atoms with Crippen LogP contribution in [-0.4, -0.2) is 109 Å². The fraction of sp³-hybridized carbons (Fsp3) is 0.492. The van der Waals surface area contributed by atoms with Crippen molar-refractivity contribution in [1.29, 1.82) is 0 Å². The van der Waals surface area contributed by atoms with Crippen LogP contribution >= 0.6 is 0 Å². The number of hydrogen-bond acceptors (Lipinski definition) is 11. The number of ether oxygens (including phenoxy) is 2. The van der Waals surface area contributed by atoms with Crippen molar-refractivity contribution in [1.82, 2.24) is 19.8 Å².